The molecule has 360 valence electrons. The molecule has 67 heavy (non-hydrogen) atoms. The van der Waals surface area contributed by atoms with Gasteiger partial charge in [0, 0.05) is 16.7 Å². The molecule has 6 aromatic rings. The maximum Gasteiger partial charge on any atom is 0.631 e. The van der Waals surface area contributed by atoms with Crippen molar-refractivity contribution in [1.29, 1.82) is 0 Å². The van der Waals surface area contributed by atoms with Crippen molar-refractivity contribution < 1.29 is 134 Å². The lowest BCUT2D eigenvalue weighted by Crippen LogP contribution is -2.07. The smallest absolute Gasteiger partial charge is 0.402 e. The molecule has 6 aromatic carbocycles. The molecule has 0 unspecified atom stereocenters. The van der Waals surface area contributed by atoms with Crippen LogP contribution in [0.5, 0.6) is 0 Å². The van der Waals surface area contributed by atoms with Gasteiger partial charge in [0.1, 0.15) is 0 Å². The van der Waals surface area contributed by atoms with Crippen molar-refractivity contribution in [2.75, 3.05) is 0 Å². The zero-order chi connectivity index (χ0) is 51.8. The predicted molar refractivity (Wildman–Crippen MR) is 167 cm³/mol. The number of benzene rings is 6. The fourth-order valence-electron chi connectivity index (χ4n) is 4.79. The minimum Gasteiger partial charge on any atom is -0.402 e. The Bertz CT molecular complexity index is 2550. The Kier molecular flexibility index (Phi) is 17.1. The van der Waals surface area contributed by atoms with Crippen LogP contribution in [0, 0.1) is 157 Å². The summed E-state index contributed by atoms with van der Waals surface area (Å²) in [7, 11) is -2.17. The molecule has 0 amide bonds. The van der Waals surface area contributed by atoms with Crippen LogP contribution in [-0.2, 0) is 0 Å². The third-order valence-electron chi connectivity index (χ3n) is 7.75. The predicted octanol–water partition coefficient (Wildman–Crippen LogP) is 11.8. The molecule has 0 bridgehead atoms. The van der Waals surface area contributed by atoms with Crippen molar-refractivity contribution in [2.24, 2.45) is 0 Å². The molecule has 0 atom stereocenters. The van der Waals surface area contributed by atoms with Gasteiger partial charge in [-0.3, -0.25) is 0 Å². The van der Waals surface area contributed by atoms with E-state index in [0.717, 1.165) is 0 Å². The molecule has 0 heterocycles. The molecule has 0 fully saturated rings. The topological polar surface area (TPSA) is 60.7 Å². The summed E-state index contributed by atoms with van der Waals surface area (Å²) in [5.74, 6) is -64.5. The Morgan fingerprint density at radius 2 is 0.313 bits per heavy atom. The molecule has 0 radical (unpaired) electrons. The van der Waals surface area contributed by atoms with Gasteiger partial charge < -0.3 is 15.1 Å². The van der Waals surface area contributed by atoms with Gasteiger partial charge in [-0.15, -0.1) is 0 Å². The monoisotopic (exact) mass is 1010 g/mol. The van der Waals surface area contributed by atoms with Crippen LogP contribution in [0.1, 0.15) is 0 Å². The fraction of sp³-hybridized carbons (Fsp3) is 0. The molecule has 31 heteroatoms. The van der Waals surface area contributed by atoms with Crippen molar-refractivity contribution in [3.8, 4) is 33.4 Å². The molecule has 6 rings (SSSR count). The highest BCUT2D eigenvalue weighted by Crippen LogP contribution is 2.38. The van der Waals surface area contributed by atoms with Gasteiger partial charge in [0.15, 0.2) is 140 Å². The summed E-state index contributed by atoms with van der Waals surface area (Å²) in [5.41, 5.74) is -10.6. The Morgan fingerprint density at radius 3 is 0.463 bits per heavy atom. The Balaban J connectivity index is 0.000000256. The van der Waals surface area contributed by atoms with Gasteiger partial charge in [0.05, 0.1) is 16.7 Å². The van der Waals surface area contributed by atoms with Crippen molar-refractivity contribution >= 4 is 7.32 Å². The highest BCUT2D eigenvalue weighted by Gasteiger charge is 2.34. The van der Waals surface area contributed by atoms with Crippen LogP contribution in [0.4, 0.5) is 119 Å². The molecule has 0 saturated carbocycles. The quantitative estimate of drug-likeness (QED) is 0.0717. The summed E-state index contributed by atoms with van der Waals surface area (Å²) in [6.45, 7) is 0. The van der Waals surface area contributed by atoms with Gasteiger partial charge in [-0.05, 0) is 18.2 Å². The molecule has 0 aliphatic rings. The first-order valence-electron chi connectivity index (χ1n) is 15.9. The van der Waals surface area contributed by atoms with Crippen LogP contribution in [-0.4, -0.2) is 22.4 Å². The molecular formula is C36H6BF27O3. The van der Waals surface area contributed by atoms with Gasteiger partial charge in [-0.1, -0.05) is 0 Å². The Morgan fingerprint density at radius 1 is 0.194 bits per heavy atom. The van der Waals surface area contributed by atoms with Gasteiger partial charge >= 0.3 is 7.32 Å². The molecule has 0 saturated heterocycles. The van der Waals surface area contributed by atoms with Crippen molar-refractivity contribution in [3.63, 3.8) is 0 Å². The highest BCUT2D eigenvalue weighted by molar-refractivity contribution is 6.30. The maximum absolute atomic E-state index is 13.4. The molecule has 0 aromatic heterocycles. The molecule has 0 aliphatic heterocycles. The standard InChI is InChI=1S/3C12HF9.BH3O3/c3*13-3-1-2(5(14)9(18)6(3)15)4-7(16)10(19)12(21)11(20)8(4)17;2-1(3)4/h3*1H;2-4H. The summed E-state index contributed by atoms with van der Waals surface area (Å²) < 4.78 is 353. The number of halogens is 27. The summed E-state index contributed by atoms with van der Waals surface area (Å²) in [6.07, 6.45) is 0. The van der Waals surface area contributed by atoms with Crippen molar-refractivity contribution in [2.45, 2.75) is 0 Å². The Hall–Kier alpha value is -6.63. The lowest BCUT2D eigenvalue weighted by Gasteiger charge is -2.10. The second-order valence-electron chi connectivity index (χ2n) is 11.7. The minimum atomic E-state index is -2.53. The summed E-state index contributed by atoms with van der Waals surface area (Å²) in [6, 6.07) is -0.649. The molecular weight excluding hydrogens is 1000 g/mol. The molecule has 0 spiro atoms. The number of hydrogen-bond donors (Lipinski definition) is 3. The third kappa shape index (κ3) is 10.4. The summed E-state index contributed by atoms with van der Waals surface area (Å²) in [5, 5.41) is 21.5. The zero-order valence-electron chi connectivity index (χ0n) is 30.4. The average molecular weight is 1010 g/mol. The number of rotatable bonds is 3. The highest BCUT2D eigenvalue weighted by atomic mass is 19.2. The molecule has 3 N–H and O–H groups in total. The summed E-state index contributed by atoms with van der Waals surface area (Å²) >= 11 is 0. The number of hydrogen-bond acceptors (Lipinski definition) is 3. The van der Waals surface area contributed by atoms with E-state index in [1.807, 2.05) is 0 Å². The van der Waals surface area contributed by atoms with E-state index in [2.05, 4.69) is 0 Å². The molecule has 0 aliphatic carbocycles. The van der Waals surface area contributed by atoms with E-state index in [0.29, 0.717) is 0 Å². The SMILES string of the molecule is Fc1cc(-c2c(F)c(F)c(F)c(F)c2F)c(F)c(F)c1F.Fc1cc(-c2c(F)c(F)c(F)c(F)c2F)c(F)c(F)c1F.Fc1cc(-c2c(F)c(F)c(F)c(F)c2F)c(F)c(F)c1F.OB(O)O. The van der Waals surface area contributed by atoms with Crippen LogP contribution in [0.25, 0.3) is 33.4 Å². The van der Waals surface area contributed by atoms with Gasteiger partial charge in [0.2, 0.25) is 17.5 Å². The van der Waals surface area contributed by atoms with Gasteiger partial charge in [-0.25, -0.2) is 119 Å². The lowest BCUT2D eigenvalue weighted by molar-refractivity contribution is 0.278. The first-order valence-corrected chi connectivity index (χ1v) is 15.9. The van der Waals surface area contributed by atoms with E-state index in [1.54, 1.807) is 0 Å². The maximum atomic E-state index is 13.4. The van der Waals surface area contributed by atoms with E-state index < -0.39 is 198 Å². The largest absolute Gasteiger partial charge is 0.631 e. The Labute approximate surface area is 350 Å². The van der Waals surface area contributed by atoms with E-state index in [4.69, 9.17) is 15.1 Å². The van der Waals surface area contributed by atoms with E-state index in [-0.39, 0.29) is 18.2 Å². The molecule has 3 nitrogen and oxygen atoms in total. The first kappa shape index (κ1) is 54.7. The first-order chi connectivity index (χ1) is 30.8. The van der Waals surface area contributed by atoms with Crippen LogP contribution in [0.3, 0.4) is 0 Å². The van der Waals surface area contributed by atoms with E-state index in [1.165, 1.54) is 0 Å². The van der Waals surface area contributed by atoms with Gasteiger partial charge in [0.25, 0.3) is 0 Å². The van der Waals surface area contributed by atoms with Crippen LogP contribution in [0.2, 0.25) is 0 Å². The van der Waals surface area contributed by atoms with E-state index in [9.17, 15) is 119 Å². The van der Waals surface area contributed by atoms with Crippen molar-refractivity contribution in [1.82, 2.24) is 0 Å². The van der Waals surface area contributed by atoms with Gasteiger partial charge in [-0.2, -0.15) is 0 Å². The zero-order valence-corrected chi connectivity index (χ0v) is 30.4. The third-order valence-corrected chi connectivity index (χ3v) is 7.75. The lowest BCUT2D eigenvalue weighted by atomic mass is 10.0. The van der Waals surface area contributed by atoms with Crippen LogP contribution >= 0.6 is 0 Å². The average Bonchev–Trinajstić information content (AvgIpc) is 3.28. The normalized spacial score (nSPS) is 10.8. The van der Waals surface area contributed by atoms with E-state index >= 15 is 0 Å². The second kappa shape index (κ2) is 20.9. The summed E-state index contributed by atoms with van der Waals surface area (Å²) in [4.78, 5) is 0. The minimum absolute atomic E-state index is 0.216. The van der Waals surface area contributed by atoms with Crippen LogP contribution in [0.15, 0.2) is 18.2 Å². The fourth-order valence-corrected chi connectivity index (χ4v) is 4.79. The van der Waals surface area contributed by atoms with Crippen LogP contribution < -0.4 is 0 Å². The second-order valence-corrected chi connectivity index (χ2v) is 11.7. The van der Waals surface area contributed by atoms with Crippen molar-refractivity contribution in [3.05, 3.63) is 175 Å².